The van der Waals surface area contributed by atoms with Gasteiger partial charge in [-0.05, 0) is 5.41 Å². The van der Waals surface area contributed by atoms with Crippen LogP contribution in [0.5, 0.6) is 0 Å². The Labute approximate surface area is 81.2 Å². The van der Waals surface area contributed by atoms with Gasteiger partial charge >= 0.3 is 0 Å². The highest BCUT2D eigenvalue weighted by molar-refractivity contribution is 7.88. The van der Waals surface area contributed by atoms with Crippen molar-refractivity contribution in [3.63, 3.8) is 0 Å². The fraction of sp³-hybridized carbons (Fsp3) is 1.00. The zero-order chi connectivity index (χ0) is 10.9. The van der Waals surface area contributed by atoms with Crippen molar-refractivity contribution in [2.75, 3.05) is 19.8 Å². The van der Waals surface area contributed by atoms with Gasteiger partial charge < -0.3 is 5.73 Å². The molecule has 13 heavy (non-hydrogen) atoms. The van der Waals surface area contributed by atoms with Crippen molar-refractivity contribution < 1.29 is 8.42 Å². The predicted molar refractivity (Wildman–Crippen MR) is 54.9 cm³/mol. The predicted octanol–water partition coefficient (Wildman–Crippen LogP) is 0.251. The molecule has 0 saturated heterocycles. The Morgan fingerprint density at radius 3 is 2.00 bits per heavy atom. The first-order chi connectivity index (χ1) is 5.55. The number of nitrogens with zero attached hydrogens (tertiary/aromatic N) is 1. The van der Waals surface area contributed by atoms with Gasteiger partial charge in [-0.2, -0.15) is 0 Å². The summed E-state index contributed by atoms with van der Waals surface area (Å²) < 4.78 is 23.4. The molecular formula is C8H20N2O2S. The Bertz CT molecular complexity index is 254. The van der Waals surface area contributed by atoms with Gasteiger partial charge in [-0.15, -0.1) is 0 Å². The van der Waals surface area contributed by atoms with Crippen LogP contribution in [0.15, 0.2) is 0 Å². The smallest absolute Gasteiger partial charge is 0.211 e. The van der Waals surface area contributed by atoms with Crippen molar-refractivity contribution in [2.45, 2.75) is 26.8 Å². The Hall–Kier alpha value is -0.130. The standard InChI is InChI=1S/C8H20N2O2S/c1-8(2,3)7(9)6-10(4)13(5,11)12/h7H,6,9H2,1-5H3. The van der Waals surface area contributed by atoms with Crippen LogP contribution >= 0.6 is 0 Å². The molecule has 0 bridgehead atoms. The van der Waals surface area contributed by atoms with Crippen molar-refractivity contribution >= 4 is 10.0 Å². The molecule has 0 aromatic carbocycles. The lowest BCUT2D eigenvalue weighted by Crippen LogP contribution is -2.45. The Morgan fingerprint density at radius 2 is 1.77 bits per heavy atom. The number of hydrogen-bond donors (Lipinski definition) is 1. The monoisotopic (exact) mass is 208 g/mol. The fourth-order valence-electron chi connectivity index (χ4n) is 0.686. The molecular weight excluding hydrogens is 188 g/mol. The zero-order valence-electron chi connectivity index (χ0n) is 9.03. The molecule has 5 heteroatoms. The third-order valence-electron chi connectivity index (χ3n) is 2.13. The average Bonchev–Trinajstić information content (AvgIpc) is 1.82. The second kappa shape index (κ2) is 3.94. The van der Waals surface area contributed by atoms with Crippen LogP contribution in [-0.4, -0.2) is 38.6 Å². The second-order valence-electron chi connectivity index (χ2n) is 4.52. The van der Waals surface area contributed by atoms with E-state index >= 15 is 0 Å². The van der Waals surface area contributed by atoms with Gasteiger partial charge in [0, 0.05) is 19.6 Å². The SMILES string of the molecule is CN(CC(N)C(C)(C)C)S(C)(=O)=O. The minimum absolute atomic E-state index is 0.0705. The maximum Gasteiger partial charge on any atom is 0.211 e. The normalized spacial score (nSPS) is 16.2. The maximum atomic E-state index is 11.1. The molecule has 0 aromatic heterocycles. The molecule has 0 aliphatic heterocycles. The Balaban J connectivity index is 4.32. The van der Waals surface area contributed by atoms with Crippen molar-refractivity contribution in [2.24, 2.45) is 11.1 Å². The zero-order valence-corrected chi connectivity index (χ0v) is 9.85. The van der Waals surface area contributed by atoms with E-state index in [9.17, 15) is 8.42 Å². The molecule has 0 rings (SSSR count). The number of sulfonamides is 1. The molecule has 0 saturated carbocycles. The molecule has 4 nitrogen and oxygen atoms in total. The van der Waals surface area contributed by atoms with Crippen LogP contribution < -0.4 is 5.73 Å². The third-order valence-corrected chi connectivity index (χ3v) is 3.41. The highest BCUT2D eigenvalue weighted by atomic mass is 32.2. The third kappa shape index (κ3) is 4.59. The minimum atomic E-state index is -3.10. The molecule has 0 aromatic rings. The molecule has 80 valence electrons. The van der Waals surface area contributed by atoms with Crippen LogP contribution in [0.1, 0.15) is 20.8 Å². The van der Waals surface area contributed by atoms with Crippen molar-refractivity contribution in [1.29, 1.82) is 0 Å². The summed E-state index contributed by atoms with van der Waals surface area (Å²) in [5, 5.41) is 0. The van der Waals surface area contributed by atoms with Crippen molar-refractivity contribution in [1.82, 2.24) is 4.31 Å². The van der Waals surface area contributed by atoms with Crippen LogP contribution in [0.4, 0.5) is 0 Å². The molecule has 1 atom stereocenters. The van der Waals surface area contributed by atoms with Gasteiger partial charge in [-0.1, -0.05) is 20.8 Å². The van der Waals surface area contributed by atoms with Gasteiger partial charge in [0.1, 0.15) is 0 Å². The van der Waals surface area contributed by atoms with Crippen LogP contribution in [0.2, 0.25) is 0 Å². The quantitative estimate of drug-likeness (QED) is 0.723. The van der Waals surface area contributed by atoms with Gasteiger partial charge in [0.05, 0.1) is 6.26 Å². The van der Waals surface area contributed by atoms with E-state index in [0.717, 1.165) is 0 Å². The van der Waals surface area contributed by atoms with Gasteiger partial charge in [-0.25, -0.2) is 12.7 Å². The number of rotatable bonds is 3. The molecule has 0 amide bonds. The topological polar surface area (TPSA) is 63.4 Å². The number of hydrogen-bond acceptors (Lipinski definition) is 3. The summed E-state index contributed by atoms with van der Waals surface area (Å²) in [6, 6.07) is -0.146. The maximum absolute atomic E-state index is 11.1. The average molecular weight is 208 g/mol. The van der Waals surface area contributed by atoms with E-state index in [1.165, 1.54) is 10.6 Å². The van der Waals surface area contributed by atoms with Gasteiger partial charge in [0.25, 0.3) is 0 Å². The molecule has 0 aliphatic rings. The van der Waals surface area contributed by atoms with Crippen LogP contribution in [0.25, 0.3) is 0 Å². The van der Waals surface area contributed by atoms with E-state index in [2.05, 4.69) is 0 Å². The Kier molecular flexibility index (Phi) is 3.90. The second-order valence-corrected chi connectivity index (χ2v) is 6.61. The van der Waals surface area contributed by atoms with Crippen molar-refractivity contribution in [3.8, 4) is 0 Å². The van der Waals surface area contributed by atoms with E-state index in [1.54, 1.807) is 7.05 Å². The summed E-state index contributed by atoms with van der Waals surface area (Å²) in [4.78, 5) is 0. The summed E-state index contributed by atoms with van der Waals surface area (Å²) in [6.07, 6.45) is 1.18. The lowest BCUT2D eigenvalue weighted by molar-refractivity contribution is 0.280. The first-order valence-corrected chi connectivity index (χ1v) is 6.07. The van der Waals surface area contributed by atoms with E-state index in [0.29, 0.717) is 6.54 Å². The highest BCUT2D eigenvalue weighted by Crippen LogP contribution is 2.18. The largest absolute Gasteiger partial charge is 0.326 e. The van der Waals surface area contributed by atoms with E-state index in [4.69, 9.17) is 5.73 Å². The summed E-state index contributed by atoms with van der Waals surface area (Å²) in [5.74, 6) is 0. The number of nitrogens with two attached hydrogens (primary N) is 1. The Morgan fingerprint density at radius 1 is 1.38 bits per heavy atom. The van der Waals surface area contributed by atoms with Crippen LogP contribution in [0.3, 0.4) is 0 Å². The molecule has 0 heterocycles. The molecule has 0 aliphatic carbocycles. The van der Waals surface area contributed by atoms with E-state index in [-0.39, 0.29) is 11.5 Å². The molecule has 0 fully saturated rings. The fourth-order valence-corrected chi connectivity index (χ4v) is 1.12. The summed E-state index contributed by atoms with van der Waals surface area (Å²) in [7, 11) is -1.56. The summed E-state index contributed by atoms with van der Waals surface area (Å²) >= 11 is 0. The summed E-state index contributed by atoms with van der Waals surface area (Å²) in [6.45, 7) is 6.34. The lowest BCUT2D eigenvalue weighted by atomic mass is 9.87. The van der Waals surface area contributed by atoms with Crippen molar-refractivity contribution in [3.05, 3.63) is 0 Å². The molecule has 0 spiro atoms. The number of likely N-dealkylation sites (N-methyl/N-ethyl adjacent to an activating group) is 1. The van der Waals surface area contributed by atoms with E-state index in [1.807, 2.05) is 20.8 Å². The van der Waals surface area contributed by atoms with E-state index < -0.39 is 10.0 Å². The van der Waals surface area contributed by atoms with Gasteiger partial charge in [0.15, 0.2) is 0 Å². The summed E-state index contributed by atoms with van der Waals surface area (Å²) in [5.41, 5.74) is 5.77. The van der Waals surface area contributed by atoms with Gasteiger partial charge in [-0.3, -0.25) is 0 Å². The van der Waals surface area contributed by atoms with Gasteiger partial charge in [0.2, 0.25) is 10.0 Å². The highest BCUT2D eigenvalue weighted by Gasteiger charge is 2.24. The van der Waals surface area contributed by atoms with Crippen LogP contribution in [0, 0.1) is 5.41 Å². The first-order valence-electron chi connectivity index (χ1n) is 4.22. The van der Waals surface area contributed by atoms with Crippen LogP contribution in [-0.2, 0) is 10.0 Å². The first kappa shape index (κ1) is 12.9. The molecule has 1 unspecified atom stereocenters. The molecule has 2 N–H and O–H groups in total. The molecule has 0 radical (unpaired) electrons. The minimum Gasteiger partial charge on any atom is -0.326 e. The lowest BCUT2D eigenvalue weighted by Gasteiger charge is -2.29.